The van der Waals surface area contributed by atoms with Gasteiger partial charge in [0.25, 0.3) is 5.91 Å². The third-order valence-electron chi connectivity index (χ3n) is 4.22. The quantitative estimate of drug-likeness (QED) is 0.405. The minimum Gasteiger partial charge on any atom is -0.325 e. The van der Waals surface area contributed by atoms with Crippen LogP contribution in [0.3, 0.4) is 0 Å². The maximum Gasteiger partial charge on any atom is 0.255 e. The third-order valence-corrected chi connectivity index (χ3v) is 5.75. The van der Waals surface area contributed by atoms with Gasteiger partial charge in [0.2, 0.25) is 5.91 Å². The zero-order chi connectivity index (χ0) is 21.7. The molecule has 0 aliphatic rings. The number of aryl methyl sites for hydroxylation is 1. The van der Waals surface area contributed by atoms with Gasteiger partial charge < -0.3 is 10.6 Å². The highest BCUT2D eigenvalue weighted by molar-refractivity contribution is 8.00. The minimum absolute atomic E-state index is 0.174. The fourth-order valence-electron chi connectivity index (χ4n) is 2.68. The molecule has 0 radical (unpaired) electrons. The molecule has 7 heteroatoms. The summed E-state index contributed by atoms with van der Waals surface area (Å²) < 4.78 is 0. The third kappa shape index (κ3) is 6.26. The van der Waals surface area contributed by atoms with E-state index in [-0.39, 0.29) is 17.1 Å². The molecule has 0 aliphatic carbocycles. The number of halogens is 2. The van der Waals surface area contributed by atoms with Crippen LogP contribution >= 0.6 is 35.0 Å². The van der Waals surface area contributed by atoms with Gasteiger partial charge in [-0.1, -0.05) is 47.0 Å². The number of thioether (sulfide) groups is 1. The van der Waals surface area contributed by atoms with Gasteiger partial charge in [0.1, 0.15) is 0 Å². The Morgan fingerprint density at radius 2 is 1.53 bits per heavy atom. The number of rotatable bonds is 6. The van der Waals surface area contributed by atoms with Crippen molar-refractivity contribution in [1.82, 2.24) is 0 Å². The van der Waals surface area contributed by atoms with Gasteiger partial charge in [-0.15, -0.1) is 11.8 Å². The molecule has 3 aromatic carbocycles. The Hall–Kier alpha value is -2.47. The van der Waals surface area contributed by atoms with E-state index in [0.29, 0.717) is 27.0 Å². The maximum absolute atomic E-state index is 12.5. The van der Waals surface area contributed by atoms with E-state index in [9.17, 15) is 9.59 Å². The summed E-state index contributed by atoms with van der Waals surface area (Å²) in [5.41, 5.74) is 2.90. The van der Waals surface area contributed by atoms with Crippen molar-refractivity contribution >= 4 is 58.2 Å². The average Bonchev–Trinajstić information content (AvgIpc) is 2.68. The standard InChI is InChI=1S/C23H20Cl2N2O2S/c1-14-6-8-16(9-7-14)23(29)26-19-4-3-5-21(13-19)30-15(2)22(28)27-20-11-17(24)10-18(25)12-20/h3-13,15H,1-2H3,(H,26,29)(H,27,28). The van der Waals surface area contributed by atoms with Gasteiger partial charge in [0.05, 0.1) is 5.25 Å². The Labute approximate surface area is 190 Å². The van der Waals surface area contributed by atoms with Crippen molar-refractivity contribution in [1.29, 1.82) is 0 Å². The topological polar surface area (TPSA) is 58.2 Å². The zero-order valence-corrected chi connectivity index (χ0v) is 18.7. The predicted molar refractivity (Wildman–Crippen MR) is 126 cm³/mol. The molecule has 3 aromatic rings. The smallest absolute Gasteiger partial charge is 0.255 e. The van der Waals surface area contributed by atoms with Gasteiger partial charge in [0.15, 0.2) is 0 Å². The van der Waals surface area contributed by atoms with Gasteiger partial charge in [-0.05, 0) is 62.4 Å². The molecule has 2 amide bonds. The second-order valence-corrected chi connectivity index (χ2v) is 9.04. The molecular weight excluding hydrogens is 439 g/mol. The lowest BCUT2D eigenvalue weighted by atomic mass is 10.1. The number of anilines is 2. The Morgan fingerprint density at radius 1 is 0.867 bits per heavy atom. The van der Waals surface area contributed by atoms with Gasteiger partial charge in [-0.2, -0.15) is 0 Å². The van der Waals surface area contributed by atoms with E-state index in [0.717, 1.165) is 10.5 Å². The number of nitrogens with one attached hydrogen (secondary N) is 2. The fraction of sp³-hybridized carbons (Fsp3) is 0.130. The Balaban J connectivity index is 1.63. The molecular formula is C23H20Cl2N2O2S. The molecule has 0 heterocycles. The predicted octanol–water partition coefficient (Wildman–Crippen LogP) is 6.67. The number of carbonyl (C=O) groups excluding carboxylic acids is 2. The SMILES string of the molecule is Cc1ccc(C(=O)Nc2cccc(SC(C)C(=O)Nc3cc(Cl)cc(Cl)c3)c2)cc1. The average molecular weight is 459 g/mol. The molecule has 1 unspecified atom stereocenters. The van der Waals surface area contributed by atoms with Crippen molar-refractivity contribution < 1.29 is 9.59 Å². The first-order valence-electron chi connectivity index (χ1n) is 9.22. The molecule has 0 bridgehead atoms. The van der Waals surface area contributed by atoms with Gasteiger partial charge >= 0.3 is 0 Å². The van der Waals surface area contributed by atoms with E-state index < -0.39 is 0 Å². The van der Waals surface area contributed by atoms with Gasteiger partial charge in [-0.25, -0.2) is 0 Å². The molecule has 0 aliphatic heterocycles. The molecule has 1 atom stereocenters. The van der Waals surface area contributed by atoms with E-state index >= 15 is 0 Å². The Kier molecular flexibility index (Phi) is 7.43. The number of hydrogen-bond donors (Lipinski definition) is 2. The molecule has 2 N–H and O–H groups in total. The van der Waals surface area contributed by atoms with Crippen molar-refractivity contribution in [3.05, 3.63) is 87.9 Å². The molecule has 0 saturated carbocycles. The first-order chi connectivity index (χ1) is 14.3. The van der Waals surface area contributed by atoms with Gasteiger partial charge in [0, 0.05) is 31.9 Å². The second-order valence-electron chi connectivity index (χ2n) is 6.76. The lowest BCUT2D eigenvalue weighted by Gasteiger charge is -2.13. The molecule has 0 aromatic heterocycles. The van der Waals surface area contributed by atoms with E-state index in [1.54, 1.807) is 30.3 Å². The van der Waals surface area contributed by atoms with Crippen molar-refractivity contribution in [2.75, 3.05) is 10.6 Å². The van der Waals surface area contributed by atoms with E-state index in [2.05, 4.69) is 10.6 Å². The number of hydrogen-bond acceptors (Lipinski definition) is 3. The second kappa shape index (κ2) is 10.0. The van der Waals surface area contributed by atoms with Crippen LogP contribution in [0.2, 0.25) is 10.0 Å². The summed E-state index contributed by atoms with van der Waals surface area (Å²) >= 11 is 13.3. The van der Waals surface area contributed by atoms with Crippen LogP contribution in [-0.2, 0) is 4.79 Å². The lowest BCUT2D eigenvalue weighted by Crippen LogP contribution is -2.22. The number of benzene rings is 3. The summed E-state index contributed by atoms with van der Waals surface area (Å²) in [4.78, 5) is 25.8. The summed E-state index contributed by atoms with van der Waals surface area (Å²) in [6.45, 7) is 3.78. The highest BCUT2D eigenvalue weighted by atomic mass is 35.5. The summed E-state index contributed by atoms with van der Waals surface area (Å²) in [6, 6.07) is 19.7. The van der Waals surface area contributed by atoms with Crippen LogP contribution in [0, 0.1) is 6.92 Å². The van der Waals surface area contributed by atoms with Crippen LogP contribution in [0.25, 0.3) is 0 Å². The van der Waals surface area contributed by atoms with Crippen LogP contribution in [-0.4, -0.2) is 17.1 Å². The van der Waals surface area contributed by atoms with Crippen LogP contribution in [0.15, 0.2) is 71.6 Å². The molecule has 154 valence electrons. The Morgan fingerprint density at radius 3 is 2.20 bits per heavy atom. The molecule has 0 saturated heterocycles. The zero-order valence-electron chi connectivity index (χ0n) is 16.4. The summed E-state index contributed by atoms with van der Waals surface area (Å²) in [5.74, 6) is -0.354. The summed E-state index contributed by atoms with van der Waals surface area (Å²) in [6.07, 6.45) is 0. The molecule has 30 heavy (non-hydrogen) atoms. The minimum atomic E-state index is -0.370. The van der Waals surface area contributed by atoms with E-state index in [4.69, 9.17) is 23.2 Å². The monoisotopic (exact) mass is 458 g/mol. The van der Waals surface area contributed by atoms with E-state index in [1.807, 2.05) is 50.2 Å². The molecule has 3 rings (SSSR count). The van der Waals surface area contributed by atoms with Crippen molar-refractivity contribution in [3.63, 3.8) is 0 Å². The Bertz CT molecular complexity index is 1050. The fourth-order valence-corrected chi connectivity index (χ4v) is 4.14. The number of carbonyl (C=O) groups is 2. The van der Waals surface area contributed by atoms with Crippen LogP contribution in [0.5, 0.6) is 0 Å². The molecule has 0 spiro atoms. The number of amides is 2. The lowest BCUT2D eigenvalue weighted by molar-refractivity contribution is -0.115. The summed E-state index contributed by atoms with van der Waals surface area (Å²) in [7, 11) is 0. The van der Waals surface area contributed by atoms with Crippen molar-refractivity contribution in [3.8, 4) is 0 Å². The molecule has 0 fully saturated rings. The first-order valence-corrected chi connectivity index (χ1v) is 10.9. The van der Waals surface area contributed by atoms with Gasteiger partial charge in [-0.3, -0.25) is 9.59 Å². The maximum atomic E-state index is 12.5. The van der Waals surface area contributed by atoms with Crippen LogP contribution < -0.4 is 10.6 Å². The first kappa shape index (κ1) is 22.2. The van der Waals surface area contributed by atoms with Crippen LogP contribution in [0.4, 0.5) is 11.4 Å². The normalized spacial score (nSPS) is 11.6. The van der Waals surface area contributed by atoms with E-state index in [1.165, 1.54) is 11.8 Å². The summed E-state index contributed by atoms with van der Waals surface area (Å²) in [5, 5.41) is 6.25. The largest absolute Gasteiger partial charge is 0.325 e. The van der Waals surface area contributed by atoms with Crippen molar-refractivity contribution in [2.24, 2.45) is 0 Å². The van der Waals surface area contributed by atoms with Crippen molar-refractivity contribution in [2.45, 2.75) is 24.0 Å². The highest BCUT2D eigenvalue weighted by Crippen LogP contribution is 2.28. The highest BCUT2D eigenvalue weighted by Gasteiger charge is 2.16. The molecule has 4 nitrogen and oxygen atoms in total. The van der Waals surface area contributed by atoms with Crippen LogP contribution in [0.1, 0.15) is 22.8 Å².